The number of hydrogen-bond acceptors (Lipinski definition) is 3. The van der Waals surface area contributed by atoms with Crippen molar-refractivity contribution in [3.8, 4) is 0 Å². The molecule has 0 unspecified atom stereocenters. The summed E-state index contributed by atoms with van der Waals surface area (Å²) in [7, 11) is 1.76. The van der Waals surface area contributed by atoms with E-state index in [1.54, 1.807) is 13.2 Å². The van der Waals surface area contributed by atoms with Crippen LogP contribution in [0.25, 0.3) is 0 Å². The maximum absolute atomic E-state index is 5.48. The molecule has 0 fully saturated rings. The zero-order chi connectivity index (χ0) is 13.9. The van der Waals surface area contributed by atoms with Crippen molar-refractivity contribution in [3.05, 3.63) is 30.1 Å². The van der Waals surface area contributed by atoms with Crippen LogP contribution in [0.2, 0.25) is 0 Å². The summed E-state index contributed by atoms with van der Waals surface area (Å²) < 4.78 is 5.48. The maximum Gasteiger partial charge on any atom is 0.191 e. The van der Waals surface area contributed by atoms with E-state index in [-0.39, 0.29) is 0 Å². The van der Waals surface area contributed by atoms with Crippen LogP contribution in [0.1, 0.15) is 26.0 Å². The van der Waals surface area contributed by atoms with Crippen LogP contribution in [-0.2, 0) is 11.3 Å². The van der Waals surface area contributed by atoms with Gasteiger partial charge < -0.3 is 15.4 Å². The number of aromatic nitrogens is 1. The van der Waals surface area contributed by atoms with Gasteiger partial charge in [-0.3, -0.25) is 9.98 Å². The first-order valence-corrected chi connectivity index (χ1v) is 6.68. The number of guanidine groups is 1. The number of ether oxygens (including phenoxy) is 1. The monoisotopic (exact) mass is 264 g/mol. The largest absolute Gasteiger partial charge is 0.379 e. The highest BCUT2D eigenvalue weighted by Crippen LogP contribution is 1.92. The molecule has 0 aliphatic rings. The van der Waals surface area contributed by atoms with Crippen molar-refractivity contribution in [3.63, 3.8) is 0 Å². The van der Waals surface area contributed by atoms with Crippen LogP contribution in [-0.4, -0.2) is 37.2 Å². The van der Waals surface area contributed by atoms with Gasteiger partial charge in [0.15, 0.2) is 5.96 Å². The summed E-state index contributed by atoms with van der Waals surface area (Å²) in [5.41, 5.74) is 0.994. The molecule has 0 atom stereocenters. The fourth-order valence-corrected chi connectivity index (χ4v) is 1.50. The fourth-order valence-electron chi connectivity index (χ4n) is 1.50. The molecule has 0 radical (unpaired) electrons. The normalized spacial score (nSPS) is 11.7. The molecular weight excluding hydrogens is 240 g/mol. The Labute approximate surface area is 115 Å². The van der Waals surface area contributed by atoms with E-state index in [1.165, 1.54) is 0 Å². The second-order valence-electron chi connectivity index (χ2n) is 4.45. The van der Waals surface area contributed by atoms with Crippen molar-refractivity contribution in [1.82, 2.24) is 15.6 Å². The third-order valence-electron chi connectivity index (χ3n) is 2.45. The molecule has 0 spiro atoms. The van der Waals surface area contributed by atoms with Crippen molar-refractivity contribution in [2.24, 2.45) is 4.99 Å². The minimum Gasteiger partial charge on any atom is -0.379 e. The Morgan fingerprint density at radius 2 is 2.21 bits per heavy atom. The summed E-state index contributed by atoms with van der Waals surface area (Å²) >= 11 is 0. The summed E-state index contributed by atoms with van der Waals surface area (Å²) in [6.45, 7) is 6.36. The minimum absolute atomic E-state index is 0.293. The lowest BCUT2D eigenvalue weighted by atomic mass is 10.3. The maximum atomic E-state index is 5.48. The smallest absolute Gasteiger partial charge is 0.191 e. The number of nitrogens with one attached hydrogen (secondary N) is 2. The third kappa shape index (κ3) is 7.41. The number of pyridine rings is 1. The van der Waals surface area contributed by atoms with Gasteiger partial charge in [0.2, 0.25) is 0 Å². The Bertz CT molecular complexity index is 365. The highest BCUT2D eigenvalue weighted by Gasteiger charge is 1.98. The lowest BCUT2D eigenvalue weighted by Gasteiger charge is -2.12. The molecule has 0 saturated carbocycles. The van der Waals surface area contributed by atoms with Crippen molar-refractivity contribution >= 4 is 5.96 Å². The SMILES string of the molecule is CN=C(NCCCOC(C)C)NCc1ccccn1. The van der Waals surface area contributed by atoms with E-state index in [2.05, 4.69) is 20.6 Å². The first kappa shape index (κ1) is 15.4. The first-order valence-electron chi connectivity index (χ1n) is 6.68. The van der Waals surface area contributed by atoms with E-state index < -0.39 is 0 Å². The van der Waals surface area contributed by atoms with E-state index in [0.29, 0.717) is 12.6 Å². The second-order valence-corrected chi connectivity index (χ2v) is 4.45. The highest BCUT2D eigenvalue weighted by atomic mass is 16.5. The van der Waals surface area contributed by atoms with E-state index in [1.807, 2.05) is 32.0 Å². The highest BCUT2D eigenvalue weighted by molar-refractivity contribution is 5.79. The molecule has 19 heavy (non-hydrogen) atoms. The van der Waals surface area contributed by atoms with E-state index in [0.717, 1.165) is 31.2 Å². The quantitative estimate of drug-likeness (QED) is 0.446. The molecule has 1 aromatic heterocycles. The Morgan fingerprint density at radius 1 is 1.37 bits per heavy atom. The standard InChI is InChI=1S/C14H24N4O/c1-12(2)19-10-6-9-17-14(15-3)18-11-13-7-4-5-8-16-13/h4-5,7-8,12H,6,9-11H2,1-3H3,(H2,15,17,18). The molecule has 106 valence electrons. The zero-order valence-electron chi connectivity index (χ0n) is 12.0. The molecule has 2 N–H and O–H groups in total. The van der Waals surface area contributed by atoms with Gasteiger partial charge in [0.05, 0.1) is 18.3 Å². The average Bonchev–Trinajstić information content (AvgIpc) is 2.42. The van der Waals surface area contributed by atoms with Crippen LogP contribution >= 0.6 is 0 Å². The van der Waals surface area contributed by atoms with E-state index >= 15 is 0 Å². The van der Waals surface area contributed by atoms with Gasteiger partial charge in [0, 0.05) is 26.4 Å². The van der Waals surface area contributed by atoms with Crippen LogP contribution in [0.3, 0.4) is 0 Å². The molecule has 1 aromatic rings. The van der Waals surface area contributed by atoms with Gasteiger partial charge in [0.1, 0.15) is 0 Å². The molecule has 5 nitrogen and oxygen atoms in total. The molecule has 1 rings (SSSR count). The molecule has 5 heteroatoms. The predicted molar refractivity (Wildman–Crippen MR) is 78.1 cm³/mol. The van der Waals surface area contributed by atoms with Gasteiger partial charge in [0.25, 0.3) is 0 Å². The van der Waals surface area contributed by atoms with E-state index in [9.17, 15) is 0 Å². The molecule has 0 saturated heterocycles. The first-order chi connectivity index (χ1) is 9.22. The summed E-state index contributed by atoms with van der Waals surface area (Å²) in [6, 6.07) is 5.87. The van der Waals surface area contributed by atoms with E-state index in [4.69, 9.17) is 4.74 Å². The Balaban J connectivity index is 2.16. The number of aliphatic imine (C=N–C) groups is 1. The third-order valence-corrected chi connectivity index (χ3v) is 2.45. The summed E-state index contributed by atoms with van der Waals surface area (Å²) in [5.74, 6) is 0.787. The molecule has 0 aliphatic heterocycles. The zero-order valence-corrected chi connectivity index (χ0v) is 12.0. The molecule has 0 aromatic carbocycles. The van der Waals surface area contributed by atoms with Gasteiger partial charge in [-0.05, 0) is 32.4 Å². The minimum atomic E-state index is 0.293. The van der Waals surface area contributed by atoms with Gasteiger partial charge in [-0.1, -0.05) is 6.07 Å². The molecule has 0 aliphatic carbocycles. The fraction of sp³-hybridized carbons (Fsp3) is 0.571. The second kappa shape index (κ2) is 9.33. The van der Waals surface area contributed by atoms with Gasteiger partial charge >= 0.3 is 0 Å². The summed E-state index contributed by atoms with van der Waals surface area (Å²) in [6.07, 6.45) is 3.04. The molecule has 0 amide bonds. The molecule has 1 heterocycles. The topological polar surface area (TPSA) is 58.5 Å². The number of rotatable bonds is 7. The molecular formula is C14H24N4O. The van der Waals surface area contributed by atoms with Crippen molar-refractivity contribution in [2.75, 3.05) is 20.2 Å². The van der Waals surface area contributed by atoms with Crippen molar-refractivity contribution in [1.29, 1.82) is 0 Å². The predicted octanol–water partition coefficient (Wildman–Crippen LogP) is 1.56. The lowest BCUT2D eigenvalue weighted by Crippen LogP contribution is -2.37. The average molecular weight is 264 g/mol. The van der Waals surface area contributed by atoms with Gasteiger partial charge in [-0.2, -0.15) is 0 Å². The van der Waals surface area contributed by atoms with Crippen molar-refractivity contribution < 1.29 is 4.74 Å². The Kier molecular flexibility index (Phi) is 7.58. The van der Waals surface area contributed by atoms with Gasteiger partial charge in [-0.15, -0.1) is 0 Å². The van der Waals surface area contributed by atoms with Gasteiger partial charge in [-0.25, -0.2) is 0 Å². The Hall–Kier alpha value is -1.62. The number of nitrogens with zero attached hydrogens (tertiary/aromatic N) is 2. The van der Waals surface area contributed by atoms with Crippen LogP contribution in [0, 0.1) is 0 Å². The van der Waals surface area contributed by atoms with Crippen molar-refractivity contribution in [2.45, 2.75) is 32.9 Å². The van der Waals surface area contributed by atoms with Crippen LogP contribution in [0.4, 0.5) is 0 Å². The molecule has 0 bridgehead atoms. The van der Waals surface area contributed by atoms with Crippen LogP contribution < -0.4 is 10.6 Å². The summed E-state index contributed by atoms with van der Waals surface area (Å²) in [4.78, 5) is 8.41. The Morgan fingerprint density at radius 3 is 2.84 bits per heavy atom. The summed E-state index contributed by atoms with van der Waals surface area (Å²) in [5, 5.41) is 6.47. The number of hydrogen-bond donors (Lipinski definition) is 2. The van der Waals surface area contributed by atoms with Crippen LogP contribution in [0.15, 0.2) is 29.4 Å². The van der Waals surface area contributed by atoms with Crippen LogP contribution in [0.5, 0.6) is 0 Å². The lowest BCUT2D eigenvalue weighted by molar-refractivity contribution is 0.0776.